The Bertz CT molecular complexity index is 685. The van der Waals surface area contributed by atoms with Gasteiger partial charge in [-0.2, -0.15) is 0 Å². The van der Waals surface area contributed by atoms with E-state index in [1.165, 1.54) is 24.8 Å². The molecule has 1 aromatic rings. The number of carbonyl (C=O) groups excluding carboxylic acids is 1. The summed E-state index contributed by atoms with van der Waals surface area (Å²) in [6.45, 7) is 8.34. The Morgan fingerprint density at radius 3 is 2.88 bits per heavy atom. The normalized spacial score (nSPS) is 31.4. The molecule has 1 saturated carbocycles. The molecule has 0 radical (unpaired) electrons. The van der Waals surface area contributed by atoms with Crippen molar-refractivity contribution in [3.8, 4) is 0 Å². The molecule has 4 heteroatoms. The monoisotopic (exact) mass is 356 g/mol. The van der Waals surface area contributed by atoms with Crippen LogP contribution < -0.4 is 5.32 Å². The first-order valence-corrected chi connectivity index (χ1v) is 10.2. The average Bonchev–Trinajstić information content (AvgIpc) is 3.44. The van der Waals surface area contributed by atoms with Crippen molar-refractivity contribution in [3.63, 3.8) is 0 Å². The van der Waals surface area contributed by atoms with Gasteiger partial charge in [0.15, 0.2) is 5.78 Å². The third kappa shape index (κ3) is 3.07. The highest BCUT2D eigenvalue weighted by Crippen LogP contribution is 2.49. The second kappa shape index (κ2) is 6.97. The minimum atomic E-state index is 0.0582. The summed E-state index contributed by atoms with van der Waals surface area (Å²) in [5, 5.41) is 3.43. The fourth-order valence-electron chi connectivity index (χ4n) is 5.09. The summed E-state index contributed by atoms with van der Waals surface area (Å²) in [5.41, 5.74) is 3.38. The van der Waals surface area contributed by atoms with Crippen molar-refractivity contribution in [2.45, 2.75) is 51.0 Å². The van der Waals surface area contributed by atoms with Gasteiger partial charge >= 0.3 is 0 Å². The molecule has 3 atom stereocenters. The Balaban J connectivity index is 1.68. The van der Waals surface area contributed by atoms with Crippen molar-refractivity contribution >= 4 is 11.5 Å². The van der Waals surface area contributed by atoms with Gasteiger partial charge in [0.25, 0.3) is 0 Å². The maximum atomic E-state index is 13.4. The molecule has 1 saturated heterocycles. The number of nitrogens with one attached hydrogen (secondary N) is 1. The molecule has 4 nitrogen and oxygen atoms in total. The molecule has 1 heterocycles. The first-order valence-electron chi connectivity index (χ1n) is 10.2. The molecule has 0 aromatic heterocycles. The van der Waals surface area contributed by atoms with E-state index < -0.39 is 0 Å². The largest absolute Gasteiger partial charge is 0.383 e. The van der Waals surface area contributed by atoms with E-state index in [2.05, 4.69) is 42.3 Å². The Morgan fingerprint density at radius 2 is 2.15 bits per heavy atom. The Kier molecular flexibility index (Phi) is 4.83. The highest BCUT2D eigenvalue weighted by Gasteiger charge is 2.51. The van der Waals surface area contributed by atoms with Crippen LogP contribution in [0.25, 0.3) is 0 Å². The van der Waals surface area contributed by atoms with Crippen LogP contribution in [0.4, 0.5) is 5.69 Å². The highest BCUT2D eigenvalue weighted by molar-refractivity contribution is 6.03. The summed E-state index contributed by atoms with van der Waals surface area (Å²) in [4.78, 5) is 16.0. The number of anilines is 1. The number of benzene rings is 1. The van der Waals surface area contributed by atoms with Gasteiger partial charge in [0, 0.05) is 31.5 Å². The quantitative estimate of drug-likeness (QED) is 0.789. The molecule has 2 fully saturated rings. The van der Waals surface area contributed by atoms with Crippen molar-refractivity contribution in [2.24, 2.45) is 11.8 Å². The van der Waals surface area contributed by atoms with Crippen molar-refractivity contribution in [1.82, 2.24) is 4.90 Å². The van der Waals surface area contributed by atoms with E-state index in [-0.39, 0.29) is 11.5 Å². The predicted molar refractivity (Wildman–Crippen MR) is 105 cm³/mol. The summed E-state index contributed by atoms with van der Waals surface area (Å²) < 4.78 is 5.14. The van der Waals surface area contributed by atoms with Crippen molar-refractivity contribution in [3.05, 3.63) is 29.3 Å². The molecular formula is C22H32N2O2. The number of hydrogen-bond donors (Lipinski definition) is 1. The van der Waals surface area contributed by atoms with Crippen LogP contribution in [0.5, 0.6) is 0 Å². The lowest BCUT2D eigenvalue weighted by Crippen LogP contribution is -2.53. The van der Waals surface area contributed by atoms with E-state index in [0.29, 0.717) is 18.3 Å². The molecule has 2 bridgehead atoms. The maximum absolute atomic E-state index is 13.4. The zero-order valence-electron chi connectivity index (χ0n) is 16.4. The van der Waals surface area contributed by atoms with Crippen molar-refractivity contribution in [1.29, 1.82) is 0 Å². The Hall–Kier alpha value is -1.39. The molecule has 26 heavy (non-hydrogen) atoms. The molecule has 0 amide bonds. The van der Waals surface area contributed by atoms with Gasteiger partial charge in [0.1, 0.15) is 0 Å². The molecule has 0 spiro atoms. The van der Waals surface area contributed by atoms with Gasteiger partial charge in [0.2, 0.25) is 0 Å². The smallest absolute Gasteiger partial charge is 0.180 e. The molecule has 2 aliphatic carbocycles. The molecule has 3 aliphatic rings. The number of rotatable bonds is 6. The topological polar surface area (TPSA) is 41.6 Å². The fourth-order valence-corrected chi connectivity index (χ4v) is 5.09. The van der Waals surface area contributed by atoms with Gasteiger partial charge in [-0.25, -0.2) is 0 Å². The van der Waals surface area contributed by atoms with E-state index in [1.807, 2.05) is 0 Å². The lowest BCUT2D eigenvalue weighted by atomic mass is 9.61. The minimum absolute atomic E-state index is 0.0582. The number of hydrogen-bond acceptors (Lipinski definition) is 4. The summed E-state index contributed by atoms with van der Waals surface area (Å²) in [6.07, 6.45) is 5.03. The second-order valence-corrected chi connectivity index (χ2v) is 8.74. The molecule has 1 N–H and O–H groups in total. The van der Waals surface area contributed by atoms with Crippen molar-refractivity contribution < 1.29 is 9.53 Å². The first kappa shape index (κ1) is 18.0. The zero-order valence-corrected chi connectivity index (χ0v) is 16.4. The third-order valence-corrected chi connectivity index (χ3v) is 7.01. The van der Waals surface area contributed by atoms with E-state index in [4.69, 9.17) is 4.74 Å². The lowest BCUT2D eigenvalue weighted by Gasteiger charge is -2.46. The van der Waals surface area contributed by atoms with E-state index >= 15 is 0 Å². The van der Waals surface area contributed by atoms with Gasteiger partial charge in [-0.1, -0.05) is 13.8 Å². The van der Waals surface area contributed by atoms with Gasteiger partial charge in [-0.05, 0) is 73.2 Å². The predicted octanol–water partition coefficient (Wildman–Crippen LogP) is 3.71. The molecular weight excluding hydrogens is 324 g/mol. The van der Waals surface area contributed by atoms with Crippen LogP contribution in [-0.4, -0.2) is 50.1 Å². The van der Waals surface area contributed by atoms with Gasteiger partial charge in [-0.15, -0.1) is 0 Å². The maximum Gasteiger partial charge on any atom is 0.180 e. The number of likely N-dealkylation sites (tertiary alicyclic amines) is 1. The Labute approximate surface area is 157 Å². The minimum Gasteiger partial charge on any atom is -0.383 e. The van der Waals surface area contributed by atoms with Crippen LogP contribution in [0, 0.1) is 11.8 Å². The number of methoxy groups -OCH3 is 1. The Morgan fingerprint density at radius 1 is 1.35 bits per heavy atom. The van der Waals surface area contributed by atoms with Crippen LogP contribution in [0.15, 0.2) is 18.2 Å². The van der Waals surface area contributed by atoms with Gasteiger partial charge in [-0.3, -0.25) is 9.69 Å². The van der Waals surface area contributed by atoms with E-state index in [0.717, 1.165) is 43.2 Å². The SMILES string of the molecule is COCCNc1ccc2c(c1)C1(C)CCCN(CC3CC3)[C@H](C2=O)[C@@H]1C. The first-order chi connectivity index (χ1) is 12.5. The van der Waals surface area contributed by atoms with Crippen LogP contribution >= 0.6 is 0 Å². The zero-order chi connectivity index (χ0) is 18.3. The highest BCUT2D eigenvalue weighted by atomic mass is 16.5. The second-order valence-electron chi connectivity index (χ2n) is 8.74. The van der Waals surface area contributed by atoms with Gasteiger partial charge < -0.3 is 10.1 Å². The van der Waals surface area contributed by atoms with Crippen LogP contribution in [0.1, 0.15) is 55.5 Å². The number of carbonyl (C=O) groups is 1. The van der Waals surface area contributed by atoms with E-state index in [1.54, 1.807) is 7.11 Å². The fraction of sp³-hybridized carbons (Fsp3) is 0.682. The van der Waals surface area contributed by atoms with Crippen LogP contribution in [0.2, 0.25) is 0 Å². The standard InChI is InChI=1S/C22H32N2O2/c1-15-20-21(25)18-8-7-17(23-10-12-26-3)13-19(18)22(15,2)9-4-11-24(20)14-16-5-6-16/h7-8,13,15-16,20,23H,4-6,9-12,14H2,1-3H3/t15-,20-,22?/m0/s1. The number of nitrogens with zero attached hydrogens (tertiary/aromatic N) is 1. The third-order valence-electron chi connectivity index (χ3n) is 7.01. The summed E-state index contributed by atoms with van der Waals surface area (Å²) in [5.74, 6) is 1.53. The molecule has 4 rings (SSSR count). The summed E-state index contributed by atoms with van der Waals surface area (Å²) in [6, 6.07) is 6.41. The average molecular weight is 357 g/mol. The number of ether oxygens (including phenoxy) is 1. The summed E-state index contributed by atoms with van der Waals surface area (Å²) in [7, 11) is 1.72. The molecule has 1 aliphatic heterocycles. The van der Waals surface area contributed by atoms with Crippen molar-refractivity contribution in [2.75, 3.05) is 38.7 Å². The molecule has 142 valence electrons. The summed E-state index contributed by atoms with van der Waals surface area (Å²) >= 11 is 0. The van der Waals surface area contributed by atoms with E-state index in [9.17, 15) is 4.79 Å². The van der Waals surface area contributed by atoms with Crippen LogP contribution in [-0.2, 0) is 10.2 Å². The molecule has 1 aromatic carbocycles. The lowest BCUT2D eigenvalue weighted by molar-refractivity contribution is 0.0642. The van der Waals surface area contributed by atoms with Gasteiger partial charge in [0.05, 0.1) is 12.6 Å². The molecule has 1 unspecified atom stereocenters. The van der Waals surface area contributed by atoms with Crippen LogP contribution in [0.3, 0.4) is 0 Å². The number of fused-ring (bicyclic) bond motifs is 4. The number of Topliss-reactive ketones (excluding diaryl/α,β-unsaturated/α-hetero) is 1. The number of ketones is 1.